The molecule has 7 nitrogen and oxygen atoms in total. The summed E-state index contributed by atoms with van der Waals surface area (Å²) in [6, 6.07) is 14.1. The minimum atomic E-state index is -3.61. The van der Waals surface area contributed by atoms with E-state index in [1.165, 1.54) is 10.4 Å². The van der Waals surface area contributed by atoms with Crippen LogP contribution >= 0.6 is 0 Å². The number of sulfonamides is 1. The molecule has 0 atom stereocenters. The lowest BCUT2D eigenvalue weighted by Gasteiger charge is -2.34. The number of hydrogen-bond acceptors (Lipinski definition) is 4. The summed E-state index contributed by atoms with van der Waals surface area (Å²) in [6.45, 7) is 8.83. The maximum Gasteiger partial charge on any atom is 0.254 e. The highest BCUT2D eigenvalue weighted by molar-refractivity contribution is 7.89. The van der Waals surface area contributed by atoms with Crippen LogP contribution in [0.5, 0.6) is 0 Å². The number of rotatable bonds is 7. The summed E-state index contributed by atoms with van der Waals surface area (Å²) >= 11 is 0. The molecule has 1 heterocycles. The van der Waals surface area contributed by atoms with Crippen LogP contribution in [0.15, 0.2) is 66.1 Å². The highest BCUT2D eigenvalue weighted by Crippen LogP contribution is 2.22. The maximum absolute atomic E-state index is 13.1. The van der Waals surface area contributed by atoms with Crippen LogP contribution in [0.1, 0.15) is 41.3 Å². The number of carbonyl (C=O) groups is 2. The predicted octanol–water partition coefficient (Wildman–Crippen LogP) is 2.76. The Bertz CT molecular complexity index is 1090. The number of nitrogens with zero attached hydrogens (tertiary/aromatic N) is 2. The Morgan fingerprint density at radius 1 is 1.03 bits per heavy atom. The Labute approximate surface area is 189 Å². The molecule has 1 aliphatic rings. The quantitative estimate of drug-likeness (QED) is 0.651. The van der Waals surface area contributed by atoms with Gasteiger partial charge < -0.3 is 10.2 Å². The number of amides is 2. The summed E-state index contributed by atoms with van der Waals surface area (Å²) in [7, 11) is -3.61. The van der Waals surface area contributed by atoms with Crippen molar-refractivity contribution in [2.24, 2.45) is 0 Å². The van der Waals surface area contributed by atoms with Gasteiger partial charge in [0, 0.05) is 38.3 Å². The smallest absolute Gasteiger partial charge is 0.254 e. The molecule has 8 heteroatoms. The average Bonchev–Trinajstić information content (AvgIpc) is 2.82. The van der Waals surface area contributed by atoms with E-state index in [0.717, 1.165) is 5.56 Å². The van der Waals surface area contributed by atoms with Gasteiger partial charge in [-0.3, -0.25) is 9.59 Å². The van der Waals surface area contributed by atoms with Crippen molar-refractivity contribution >= 4 is 21.8 Å². The van der Waals surface area contributed by atoms with Crippen molar-refractivity contribution in [1.29, 1.82) is 0 Å². The first-order valence-corrected chi connectivity index (χ1v) is 12.1. The number of nitrogens with one attached hydrogen (secondary N) is 1. The van der Waals surface area contributed by atoms with Crippen LogP contribution in [-0.2, 0) is 21.4 Å². The molecule has 1 aliphatic heterocycles. The number of hydrogen-bond donors (Lipinski definition) is 1. The van der Waals surface area contributed by atoms with E-state index in [9.17, 15) is 18.0 Å². The molecule has 0 bridgehead atoms. The lowest BCUT2D eigenvalue weighted by molar-refractivity contribution is -0.116. The highest BCUT2D eigenvalue weighted by Gasteiger charge is 2.31. The van der Waals surface area contributed by atoms with Gasteiger partial charge in [0.25, 0.3) is 5.91 Å². The third kappa shape index (κ3) is 5.26. The molecule has 1 saturated heterocycles. The molecule has 170 valence electrons. The molecule has 0 unspecified atom stereocenters. The molecule has 1 fully saturated rings. The van der Waals surface area contributed by atoms with Gasteiger partial charge in [0.05, 0.1) is 4.90 Å². The monoisotopic (exact) mass is 455 g/mol. The van der Waals surface area contributed by atoms with Gasteiger partial charge in [-0.25, -0.2) is 8.42 Å². The normalized spacial score (nSPS) is 14.9. The third-order valence-electron chi connectivity index (χ3n) is 5.60. The number of benzene rings is 2. The van der Waals surface area contributed by atoms with Crippen LogP contribution in [0, 0.1) is 0 Å². The van der Waals surface area contributed by atoms with E-state index in [4.69, 9.17) is 0 Å². The fourth-order valence-corrected chi connectivity index (χ4v) is 5.04. The summed E-state index contributed by atoms with van der Waals surface area (Å²) in [6.07, 6.45) is 1.18. The van der Waals surface area contributed by atoms with E-state index < -0.39 is 10.0 Å². The van der Waals surface area contributed by atoms with Crippen molar-refractivity contribution in [1.82, 2.24) is 14.5 Å². The van der Waals surface area contributed by atoms with Crippen molar-refractivity contribution in [3.05, 3.63) is 77.9 Å². The molecule has 32 heavy (non-hydrogen) atoms. The second-order valence-electron chi connectivity index (χ2n) is 8.00. The van der Waals surface area contributed by atoms with Gasteiger partial charge in [-0.2, -0.15) is 4.31 Å². The second kappa shape index (κ2) is 10.1. The van der Waals surface area contributed by atoms with Crippen molar-refractivity contribution in [2.75, 3.05) is 26.2 Å². The SMILES string of the molecule is C=CC(=O)NCc1ccccc1C(=O)N1CCN(S(=O)(=O)c2ccc(C(C)C)cc2)CC1. The fourth-order valence-electron chi connectivity index (χ4n) is 3.61. The van der Waals surface area contributed by atoms with E-state index in [1.54, 1.807) is 41.3 Å². The van der Waals surface area contributed by atoms with E-state index in [-0.39, 0.29) is 36.3 Å². The molecule has 0 radical (unpaired) electrons. The Balaban J connectivity index is 1.67. The Morgan fingerprint density at radius 2 is 1.66 bits per heavy atom. The van der Waals surface area contributed by atoms with Crippen LogP contribution in [0.2, 0.25) is 0 Å². The minimum absolute atomic E-state index is 0.174. The van der Waals surface area contributed by atoms with Gasteiger partial charge in [0.15, 0.2) is 0 Å². The van der Waals surface area contributed by atoms with Crippen molar-refractivity contribution in [2.45, 2.75) is 31.2 Å². The lowest BCUT2D eigenvalue weighted by Crippen LogP contribution is -2.50. The van der Waals surface area contributed by atoms with Crippen molar-refractivity contribution in [3.63, 3.8) is 0 Å². The van der Waals surface area contributed by atoms with Crippen LogP contribution in [0.3, 0.4) is 0 Å². The zero-order valence-corrected chi connectivity index (χ0v) is 19.3. The van der Waals surface area contributed by atoms with Gasteiger partial charge in [-0.15, -0.1) is 0 Å². The van der Waals surface area contributed by atoms with Crippen LogP contribution in [-0.4, -0.2) is 55.6 Å². The predicted molar refractivity (Wildman–Crippen MR) is 124 cm³/mol. The van der Waals surface area contributed by atoms with Crippen LogP contribution < -0.4 is 5.32 Å². The van der Waals surface area contributed by atoms with Crippen molar-refractivity contribution < 1.29 is 18.0 Å². The van der Waals surface area contributed by atoms with Gasteiger partial charge in [-0.1, -0.05) is 50.8 Å². The van der Waals surface area contributed by atoms with E-state index in [0.29, 0.717) is 30.1 Å². The fraction of sp³-hybridized carbons (Fsp3) is 0.333. The summed E-state index contributed by atoms with van der Waals surface area (Å²) in [5.41, 5.74) is 2.28. The van der Waals surface area contributed by atoms with E-state index in [1.807, 2.05) is 12.1 Å². The first-order chi connectivity index (χ1) is 15.2. The number of piperazine rings is 1. The molecule has 1 N–H and O–H groups in total. The topological polar surface area (TPSA) is 86.8 Å². The van der Waals surface area contributed by atoms with Crippen molar-refractivity contribution in [3.8, 4) is 0 Å². The summed E-state index contributed by atoms with van der Waals surface area (Å²) in [5.74, 6) is -0.159. The van der Waals surface area contributed by atoms with E-state index >= 15 is 0 Å². The Morgan fingerprint density at radius 3 is 2.25 bits per heavy atom. The number of carbonyl (C=O) groups excluding carboxylic acids is 2. The maximum atomic E-state index is 13.1. The first-order valence-electron chi connectivity index (χ1n) is 10.6. The van der Waals surface area contributed by atoms with Crippen LogP contribution in [0.4, 0.5) is 0 Å². The first kappa shape index (κ1) is 23.7. The molecular formula is C24H29N3O4S. The second-order valence-corrected chi connectivity index (χ2v) is 9.94. The van der Waals surface area contributed by atoms with Gasteiger partial charge in [-0.05, 0) is 41.3 Å². The summed E-state index contributed by atoms with van der Waals surface area (Å²) in [5, 5.41) is 2.69. The third-order valence-corrected chi connectivity index (χ3v) is 7.51. The molecule has 0 saturated carbocycles. The highest BCUT2D eigenvalue weighted by atomic mass is 32.2. The molecule has 2 amide bonds. The van der Waals surface area contributed by atoms with Crippen LogP contribution in [0.25, 0.3) is 0 Å². The Kier molecular flexibility index (Phi) is 7.48. The molecule has 2 aromatic rings. The Hall–Kier alpha value is -2.97. The zero-order chi connectivity index (χ0) is 23.3. The molecular weight excluding hydrogens is 426 g/mol. The lowest BCUT2D eigenvalue weighted by atomic mass is 10.0. The molecule has 2 aromatic carbocycles. The molecule has 0 aliphatic carbocycles. The summed E-state index contributed by atoms with van der Waals surface area (Å²) < 4.78 is 27.5. The minimum Gasteiger partial charge on any atom is -0.348 e. The molecule has 0 spiro atoms. The zero-order valence-electron chi connectivity index (χ0n) is 18.5. The molecule has 3 rings (SSSR count). The van der Waals surface area contributed by atoms with Gasteiger partial charge in [0.2, 0.25) is 15.9 Å². The molecule has 0 aromatic heterocycles. The largest absolute Gasteiger partial charge is 0.348 e. The average molecular weight is 456 g/mol. The standard InChI is InChI=1S/C24H29N3O4S/c1-4-23(28)25-17-20-7-5-6-8-22(20)24(29)26-13-15-27(16-14-26)32(30,31)21-11-9-19(10-12-21)18(2)3/h4-12,18H,1,13-17H2,2-3H3,(H,25,28). The van der Waals surface area contributed by atoms with Gasteiger partial charge >= 0.3 is 0 Å². The van der Waals surface area contributed by atoms with Gasteiger partial charge in [0.1, 0.15) is 0 Å². The van der Waals surface area contributed by atoms with E-state index in [2.05, 4.69) is 25.7 Å². The summed E-state index contributed by atoms with van der Waals surface area (Å²) in [4.78, 5) is 26.5.